The molecule has 238 valence electrons. The highest BCUT2D eigenvalue weighted by Gasteiger charge is 2.27. The fourth-order valence-electron chi connectivity index (χ4n) is 4.11. The SMILES string of the molecule is CCCCCCCCCCCCC(=O)OC(CO)COP(=O)(O)OCC(CO)OC(=O)CCCCCCCCC. The first-order valence-electron chi connectivity index (χ1n) is 15.5. The van der Waals surface area contributed by atoms with Crippen LogP contribution in [0.1, 0.15) is 136 Å². The smallest absolute Gasteiger partial charge is 0.457 e. The zero-order valence-corrected chi connectivity index (χ0v) is 26.0. The molecule has 0 spiro atoms. The molecular formula is C29H57O10P. The van der Waals surface area contributed by atoms with Crippen LogP contribution in [0.15, 0.2) is 0 Å². The lowest BCUT2D eigenvalue weighted by Crippen LogP contribution is -2.28. The third-order valence-corrected chi connectivity index (χ3v) is 7.52. The molecule has 0 bridgehead atoms. The van der Waals surface area contributed by atoms with Crippen molar-refractivity contribution >= 4 is 19.8 Å². The third kappa shape index (κ3) is 24.7. The normalized spacial score (nSPS) is 14.4. The molecule has 11 heteroatoms. The number of phosphoric ester groups is 1. The minimum Gasteiger partial charge on any atom is -0.457 e. The summed E-state index contributed by atoms with van der Waals surface area (Å²) in [7, 11) is -4.60. The number of esters is 2. The van der Waals surface area contributed by atoms with Gasteiger partial charge in [0.25, 0.3) is 0 Å². The molecule has 0 amide bonds. The van der Waals surface area contributed by atoms with Crippen molar-refractivity contribution in [3.8, 4) is 0 Å². The monoisotopic (exact) mass is 596 g/mol. The number of rotatable bonds is 29. The Kier molecular flexibility index (Phi) is 26.2. The van der Waals surface area contributed by atoms with E-state index in [0.29, 0.717) is 12.8 Å². The van der Waals surface area contributed by atoms with Crippen LogP contribution in [-0.4, -0.2) is 65.7 Å². The van der Waals surface area contributed by atoms with Crippen molar-refractivity contribution in [1.29, 1.82) is 0 Å². The molecule has 0 aliphatic carbocycles. The number of carbonyl (C=O) groups excluding carboxylic acids is 2. The molecule has 0 aromatic heterocycles. The lowest BCUT2D eigenvalue weighted by Gasteiger charge is -2.20. The van der Waals surface area contributed by atoms with Crippen molar-refractivity contribution < 1.29 is 47.8 Å². The van der Waals surface area contributed by atoms with Gasteiger partial charge in [0, 0.05) is 12.8 Å². The number of aliphatic hydroxyl groups is 2. The molecule has 0 rings (SSSR count). The molecule has 0 fully saturated rings. The molecule has 3 atom stereocenters. The van der Waals surface area contributed by atoms with Crippen molar-refractivity contribution in [2.45, 2.75) is 148 Å². The summed E-state index contributed by atoms with van der Waals surface area (Å²) in [6, 6.07) is 0. The van der Waals surface area contributed by atoms with Crippen LogP contribution < -0.4 is 0 Å². The van der Waals surface area contributed by atoms with Gasteiger partial charge in [-0.25, -0.2) is 4.57 Å². The largest absolute Gasteiger partial charge is 0.472 e. The summed E-state index contributed by atoms with van der Waals surface area (Å²) < 4.78 is 32.1. The molecule has 0 aromatic carbocycles. The van der Waals surface area contributed by atoms with Crippen LogP contribution in [0.3, 0.4) is 0 Å². The van der Waals surface area contributed by atoms with Crippen LogP contribution in [0.25, 0.3) is 0 Å². The molecule has 0 aliphatic rings. The predicted molar refractivity (Wildman–Crippen MR) is 155 cm³/mol. The van der Waals surface area contributed by atoms with E-state index in [0.717, 1.165) is 38.5 Å². The van der Waals surface area contributed by atoms with Gasteiger partial charge in [0.2, 0.25) is 0 Å². The van der Waals surface area contributed by atoms with E-state index in [1.54, 1.807) is 0 Å². The first kappa shape index (κ1) is 39.0. The van der Waals surface area contributed by atoms with Crippen molar-refractivity contribution in [2.75, 3.05) is 26.4 Å². The summed E-state index contributed by atoms with van der Waals surface area (Å²) in [4.78, 5) is 33.9. The Labute approximate surface area is 242 Å². The fraction of sp³-hybridized carbons (Fsp3) is 0.931. The zero-order chi connectivity index (χ0) is 29.9. The highest BCUT2D eigenvalue weighted by atomic mass is 31.2. The van der Waals surface area contributed by atoms with Crippen molar-refractivity contribution in [3.05, 3.63) is 0 Å². The Hall–Kier alpha value is -1.03. The number of ether oxygens (including phenoxy) is 2. The van der Waals surface area contributed by atoms with E-state index in [1.165, 1.54) is 57.8 Å². The molecule has 10 nitrogen and oxygen atoms in total. The third-order valence-electron chi connectivity index (χ3n) is 6.57. The van der Waals surface area contributed by atoms with E-state index in [9.17, 15) is 29.3 Å². The van der Waals surface area contributed by atoms with Crippen LogP contribution in [0, 0.1) is 0 Å². The van der Waals surface area contributed by atoms with E-state index >= 15 is 0 Å². The van der Waals surface area contributed by atoms with E-state index in [4.69, 9.17) is 18.5 Å². The van der Waals surface area contributed by atoms with Crippen molar-refractivity contribution in [1.82, 2.24) is 0 Å². The lowest BCUT2D eigenvalue weighted by molar-refractivity contribution is -0.153. The maximum absolute atomic E-state index is 12.2. The highest BCUT2D eigenvalue weighted by molar-refractivity contribution is 7.47. The van der Waals surface area contributed by atoms with Gasteiger partial charge in [-0.1, -0.05) is 110 Å². The number of carbonyl (C=O) groups is 2. The average Bonchev–Trinajstić information content (AvgIpc) is 2.93. The summed E-state index contributed by atoms with van der Waals surface area (Å²) in [5.41, 5.74) is 0. The highest BCUT2D eigenvalue weighted by Crippen LogP contribution is 2.43. The summed E-state index contributed by atoms with van der Waals surface area (Å²) in [6.45, 7) is 2.10. The Balaban J connectivity index is 4.08. The Morgan fingerprint density at radius 3 is 1.18 bits per heavy atom. The average molecular weight is 597 g/mol. The van der Waals surface area contributed by atoms with Crippen LogP contribution in [0.5, 0.6) is 0 Å². The van der Waals surface area contributed by atoms with Crippen molar-refractivity contribution in [3.63, 3.8) is 0 Å². The van der Waals surface area contributed by atoms with Gasteiger partial charge in [0.15, 0.2) is 0 Å². The van der Waals surface area contributed by atoms with Gasteiger partial charge in [0.1, 0.15) is 12.2 Å². The van der Waals surface area contributed by atoms with Gasteiger partial charge in [-0.2, -0.15) is 0 Å². The molecule has 0 aromatic rings. The quantitative estimate of drug-likeness (QED) is 0.0504. The molecule has 40 heavy (non-hydrogen) atoms. The van der Waals surface area contributed by atoms with Crippen molar-refractivity contribution in [2.24, 2.45) is 0 Å². The summed E-state index contributed by atoms with van der Waals surface area (Å²) in [5, 5.41) is 18.9. The lowest BCUT2D eigenvalue weighted by atomic mass is 10.1. The maximum atomic E-state index is 12.2. The number of phosphoric acid groups is 1. The van der Waals surface area contributed by atoms with Crippen LogP contribution in [-0.2, 0) is 32.7 Å². The minimum absolute atomic E-state index is 0.195. The van der Waals surface area contributed by atoms with E-state index in [1.807, 2.05) is 0 Å². The van der Waals surface area contributed by atoms with Gasteiger partial charge < -0.3 is 24.6 Å². The molecule has 0 saturated carbocycles. The molecule has 0 radical (unpaired) electrons. The minimum atomic E-state index is -4.60. The summed E-state index contributed by atoms with van der Waals surface area (Å²) in [5.74, 6) is -1.02. The molecule has 3 unspecified atom stereocenters. The first-order valence-corrected chi connectivity index (χ1v) is 17.0. The number of hydrogen-bond acceptors (Lipinski definition) is 9. The van der Waals surface area contributed by atoms with Gasteiger partial charge in [0.05, 0.1) is 26.4 Å². The second kappa shape index (κ2) is 26.8. The molecule has 0 saturated heterocycles. The molecule has 0 heterocycles. The first-order chi connectivity index (χ1) is 19.3. The van der Waals surface area contributed by atoms with Gasteiger partial charge in [-0.05, 0) is 12.8 Å². The number of unbranched alkanes of at least 4 members (excludes halogenated alkanes) is 15. The summed E-state index contributed by atoms with van der Waals surface area (Å²) >= 11 is 0. The second-order valence-corrected chi connectivity index (χ2v) is 11.9. The van der Waals surface area contributed by atoms with E-state index < -0.39 is 58.4 Å². The topological polar surface area (TPSA) is 149 Å². The Morgan fingerprint density at radius 1 is 0.575 bits per heavy atom. The van der Waals surface area contributed by atoms with Gasteiger partial charge in [-0.3, -0.25) is 18.6 Å². The Bertz CT molecular complexity index is 661. The molecule has 0 aliphatic heterocycles. The van der Waals surface area contributed by atoms with Gasteiger partial charge >= 0.3 is 19.8 Å². The van der Waals surface area contributed by atoms with Crippen LogP contribution in [0.4, 0.5) is 0 Å². The Morgan fingerprint density at radius 2 is 0.875 bits per heavy atom. The molecular weight excluding hydrogens is 539 g/mol. The standard InChI is InChI=1S/C29H57O10P/c1-3-5-7-9-11-12-13-15-17-19-21-29(33)39-27(23-31)25-37-40(34,35)36-24-26(22-30)38-28(32)20-18-16-14-10-8-6-4-2/h26-27,30-31H,3-25H2,1-2H3,(H,34,35). The zero-order valence-electron chi connectivity index (χ0n) is 25.1. The number of hydrogen-bond donors (Lipinski definition) is 3. The van der Waals surface area contributed by atoms with E-state index in [-0.39, 0.29) is 12.8 Å². The van der Waals surface area contributed by atoms with Gasteiger partial charge in [-0.15, -0.1) is 0 Å². The summed E-state index contributed by atoms with van der Waals surface area (Å²) in [6.07, 6.45) is 16.9. The molecule has 3 N–H and O–H groups in total. The van der Waals surface area contributed by atoms with Crippen LogP contribution in [0.2, 0.25) is 0 Å². The van der Waals surface area contributed by atoms with Crippen LogP contribution >= 0.6 is 7.82 Å². The predicted octanol–water partition coefficient (Wildman–Crippen LogP) is 6.38. The van der Waals surface area contributed by atoms with E-state index in [2.05, 4.69) is 13.8 Å². The number of aliphatic hydroxyl groups excluding tert-OH is 2. The maximum Gasteiger partial charge on any atom is 0.472 e. The second-order valence-electron chi connectivity index (χ2n) is 10.5. The fourth-order valence-corrected chi connectivity index (χ4v) is 4.90.